The van der Waals surface area contributed by atoms with E-state index >= 15 is 0 Å². The molecule has 2 rings (SSSR count). The number of nitrogens with one attached hydrogen (secondary N) is 10. The zero-order chi connectivity index (χ0) is 75.0. The second-order valence-corrected chi connectivity index (χ2v) is 25.8. The van der Waals surface area contributed by atoms with E-state index in [1.807, 2.05) is 0 Å². The van der Waals surface area contributed by atoms with Crippen molar-refractivity contribution < 1.29 is 102 Å². The van der Waals surface area contributed by atoms with Crippen LogP contribution in [0, 0.1) is 17.8 Å². The minimum Gasteiger partial charge on any atom is -0.508 e. The topological polar surface area (TPSA) is 599 Å². The molecule has 0 unspecified atom stereocenters. The summed E-state index contributed by atoms with van der Waals surface area (Å²) < 4.78 is 0. The second-order valence-electron chi connectivity index (χ2n) is 24.8. The zero-order valence-corrected chi connectivity index (χ0v) is 56.9. The molecule has 0 saturated heterocycles. The first kappa shape index (κ1) is 85.0. The third kappa shape index (κ3) is 33.1. The van der Waals surface area contributed by atoms with Gasteiger partial charge in [0.2, 0.25) is 76.8 Å². The van der Waals surface area contributed by atoms with E-state index in [9.17, 15) is 102 Å². The van der Waals surface area contributed by atoms with E-state index in [2.05, 4.69) is 53.2 Å². The molecule has 0 heterocycles. The van der Waals surface area contributed by atoms with Gasteiger partial charge >= 0.3 is 17.9 Å². The summed E-state index contributed by atoms with van der Waals surface area (Å²) in [5.41, 5.74) is 22.8. The molecule has 0 spiro atoms. The van der Waals surface area contributed by atoms with Gasteiger partial charge in [0.15, 0.2) is 0 Å². The van der Waals surface area contributed by atoms with Gasteiger partial charge in [0, 0.05) is 25.7 Å². The van der Waals surface area contributed by atoms with Crippen LogP contribution in [-0.2, 0) is 89.6 Å². The van der Waals surface area contributed by atoms with E-state index in [0.717, 1.165) is 0 Å². The van der Waals surface area contributed by atoms with Crippen molar-refractivity contribution in [2.24, 2.45) is 40.7 Å². The molecule has 13 amide bonds. The summed E-state index contributed by atoms with van der Waals surface area (Å²) >= 11 is 1.19. The lowest BCUT2D eigenvalue weighted by molar-refractivity contribution is -0.144. The molecule has 0 radical (unpaired) electrons. The summed E-state index contributed by atoms with van der Waals surface area (Å²) in [6.45, 7) is 10.2. The van der Waals surface area contributed by atoms with E-state index < -0.39 is 212 Å². The maximum absolute atomic E-state index is 14.4. The number of amides is 13. The summed E-state index contributed by atoms with van der Waals surface area (Å²) in [7, 11) is 0. The molecule has 0 saturated carbocycles. The quantitative estimate of drug-likeness (QED) is 0.0304. The smallest absolute Gasteiger partial charge is 0.326 e. The van der Waals surface area contributed by atoms with Gasteiger partial charge in [-0.15, -0.1) is 0 Å². The predicted octanol–water partition coefficient (Wildman–Crippen LogP) is -3.61. The molecule has 23 N–H and O–H groups in total. The SMILES string of the molecule is CSCC[C@H](NC(=O)[C@H](CC(C)C)NC(=O)[C@H](CC(N)=O)NC(=O)[C@H](Cc1ccc(O)cc1)NC(=O)[C@H](CCC(N)=O)NC(=O)[C@@H](N)CC(C)C)C(=O)N[C@@H](CCC(=O)O)C(=O)N[C@@H](CC(=O)O)C(=O)N[C@@H](Cc1ccc(O)cc1)C(=O)N[C@@H](CC(C)C)C(=O)N[C@@H](CC(N)=O)C(=O)O. The van der Waals surface area contributed by atoms with Crippen LogP contribution in [0.5, 0.6) is 11.5 Å². The Morgan fingerprint density at radius 2 is 0.667 bits per heavy atom. The number of hydrogen-bond acceptors (Lipinski definition) is 20. The van der Waals surface area contributed by atoms with Crippen molar-refractivity contribution in [3.8, 4) is 11.5 Å². The maximum atomic E-state index is 14.4. The van der Waals surface area contributed by atoms with Gasteiger partial charge in [0.1, 0.15) is 71.9 Å². The zero-order valence-electron chi connectivity index (χ0n) is 56.1. The number of aromatic hydroxyl groups is 2. The van der Waals surface area contributed by atoms with Crippen LogP contribution in [0.4, 0.5) is 0 Å². The van der Waals surface area contributed by atoms with Crippen LogP contribution >= 0.6 is 11.8 Å². The van der Waals surface area contributed by atoms with E-state index in [1.165, 1.54) is 60.3 Å². The van der Waals surface area contributed by atoms with Gasteiger partial charge in [0.25, 0.3) is 0 Å². The number of thioether (sulfide) groups is 1. The predicted molar refractivity (Wildman–Crippen MR) is 355 cm³/mol. The number of phenols is 2. The Morgan fingerprint density at radius 3 is 1.02 bits per heavy atom. The molecule has 99 heavy (non-hydrogen) atoms. The number of carboxylic acid groups (broad SMARTS) is 3. The molecular formula is C63H94N14O21S. The number of primary amides is 3. The fourth-order valence-electron chi connectivity index (χ4n) is 9.70. The van der Waals surface area contributed by atoms with Crippen LogP contribution < -0.4 is 76.1 Å². The van der Waals surface area contributed by atoms with E-state index in [-0.39, 0.29) is 73.2 Å². The number of aliphatic carboxylic acids is 3. The van der Waals surface area contributed by atoms with Crippen LogP contribution in [0.2, 0.25) is 0 Å². The summed E-state index contributed by atoms with van der Waals surface area (Å²) in [5.74, 6) is -20.0. The van der Waals surface area contributed by atoms with Gasteiger partial charge in [-0.3, -0.25) is 71.9 Å². The van der Waals surface area contributed by atoms with Crippen molar-refractivity contribution in [2.45, 2.75) is 191 Å². The number of carboxylic acids is 3. The van der Waals surface area contributed by atoms with Crippen molar-refractivity contribution in [3.63, 3.8) is 0 Å². The van der Waals surface area contributed by atoms with Crippen LogP contribution in [0.15, 0.2) is 48.5 Å². The van der Waals surface area contributed by atoms with Gasteiger partial charge in [-0.05, 0) is 104 Å². The minimum atomic E-state index is -2.11. The van der Waals surface area contributed by atoms with Crippen LogP contribution in [0.25, 0.3) is 0 Å². The summed E-state index contributed by atoms with van der Waals surface area (Å²) in [6, 6.07) is -7.86. The Labute approximate surface area is 575 Å². The molecule has 11 atom stereocenters. The molecule has 36 heteroatoms. The summed E-state index contributed by atoms with van der Waals surface area (Å²) in [4.78, 5) is 213. The monoisotopic (exact) mass is 1410 g/mol. The molecule has 0 aliphatic heterocycles. The largest absolute Gasteiger partial charge is 0.508 e. The third-order valence-electron chi connectivity index (χ3n) is 14.7. The molecule has 0 aliphatic rings. The molecule has 2 aromatic carbocycles. The normalized spacial score (nSPS) is 14.5. The van der Waals surface area contributed by atoms with Gasteiger partial charge < -0.3 is 102 Å². The van der Waals surface area contributed by atoms with Gasteiger partial charge in [-0.25, -0.2) is 4.79 Å². The summed E-state index contributed by atoms with van der Waals surface area (Å²) in [5, 5.41) is 73.1. The third-order valence-corrected chi connectivity index (χ3v) is 15.3. The van der Waals surface area contributed by atoms with Crippen molar-refractivity contribution in [3.05, 3.63) is 59.7 Å². The average Bonchev–Trinajstić information content (AvgIpc) is 0.860. The molecule has 0 aliphatic carbocycles. The van der Waals surface area contributed by atoms with Crippen molar-refractivity contribution in [2.75, 3.05) is 12.0 Å². The minimum absolute atomic E-state index is 0.0386. The standard InChI is InChI=1S/C63H94N14O21S/c1-30(2)22-37(64)53(87)68-38(16-18-48(65)80)54(88)73-43(25-33-8-12-35(78)13-9-33)60(94)75-45(27-49(66)81)61(95)72-41(23-31(3)4)57(91)70-40(20-21-99-7)56(90)69-39(17-19-51(83)84)55(89)76-46(29-52(85)86)62(96)74-44(26-34-10-14-36(79)15-11-34)59(93)71-42(24-32(5)6)58(92)77-47(63(97)98)28-50(67)82/h8-15,30-32,37-47,78-79H,16-29,64H2,1-7H3,(H2,65,80)(H2,66,81)(H2,67,82)(H,68,87)(H,69,90)(H,70,91)(H,71,93)(H,72,95)(H,73,88)(H,74,96)(H,75,94)(H,76,89)(H,77,92)(H,83,84)(H,85,86)(H,97,98)/t37-,38-,39-,40-,41-,42-,43-,44-,45-,46-,47-/m0/s1. The molecule has 2 aromatic rings. The van der Waals surface area contributed by atoms with Crippen LogP contribution in [0.1, 0.15) is 123 Å². The molecule has 0 aromatic heterocycles. The van der Waals surface area contributed by atoms with Gasteiger partial charge in [0.05, 0.1) is 25.3 Å². The number of rotatable bonds is 46. The fourth-order valence-corrected chi connectivity index (χ4v) is 10.2. The highest BCUT2D eigenvalue weighted by Crippen LogP contribution is 2.17. The van der Waals surface area contributed by atoms with E-state index in [1.54, 1.807) is 47.8 Å². The Hall–Kier alpha value is -10.1. The average molecular weight is 1420 g/mol. The number of carbonyl (C=O) groups excluding carboxylic acids is 13. The highest BCUT2D eigenvalue weighted by Gasteiger charge is 2.38. The Bertz CT molecular complexity index is 3170. The number of nitrogens with two attached hydrogens (primary N) is 4. The number of carbonyl (C=O) groups is 16. The van der Waals surface area contributed by atoms with E-state index in [0.29, 0.717) is 5.56 Å². The Kier molecular flexibility index (Phi) is 36.5. The Balaban J connectivity index is 2.58. The molecular weight excluding hydrogens is 1320 g/mol. The lowest BCUT2D eigenvalue weighted by atomic mass is 10.00. The maximum Gasteiger partial charge on any atom is 0.326 e. The second kappa shape index (κ2) is 42.5. The van der Waals surface area contributed by atoms with Crippen LogP contribution in [-0.4, -0.2) is 199 Å². The highest BCUT2D eigenvalue weighted by atomic mass is 32.2. The molecule has 0 fully saturated rings. The Morgan fingerprint density at radius 1 is 0.364 bits per heavy atom. The highest BCUT2D eigenvalue weighted by molar-refractivity contribution is 7.98. The number of benzene rings is 2. The first-order valence-electron chi connectivity index (χ1n) is 31.6. The van der Waals surface area contributed by atoms with Gasteiger partial charge in [-0.2, -0.15) is 11.8 Å². The number of phenolic OH excluding ortho intramolecular Hbond substituents is 2. The first-order valence-corrected chi connectivity index (χ1v) is 33.0. The molecule has 35 nitrogen and oxygen atoms in total. The van der Waals surface area contributed by atoms with Crippen molar-refractivity contribution >= 4 is 106 Å². The van der Waals surface area contributed by atoms with E-state index in [4.69, 9.17) is 22.9 Å². The lowest BCUT2D eigenvalue weighted by Gasteiger charge is -2.28. The molecule has 0 bridgehead atoms. The fraction of sp³-hybridized carbons (Fsp3) is 0.556. The molecule has 548 valence electrons. The van der Waals surface area contributed by atoms with Gasteiger partial charge in [-0.1, -0.05) is 65.8 Å². The number of hydrogen-bond donors (Lipinski definition) is 19. The van der Waals surface area contributed by atoms with Crippen molar-refractivity contribution in [1.82, 2.24) is 53.2 Å². The lowest BCUT2D eigenvalue weighted by Crippen LogP contribution is -2.61. The first-order chi connectivity index (χ1) is 46.3. The van der Waals surface area contributed by atoms with Crippen LogP contribution in [0.3, 0.4) is 0 Å². The summed E-state index contributed by atoms with van der Waals surface area (Å²) in [6.07, 6.45) is -4.68. The van der Waals surface area contributed by atoms with Crippen molar-refractivity contribution in [1.29, 1.82) is 0 Å².